The van der Waals surface area contributed by atoms with Gasteiger partial charge in [-0.2, -0.15) is 0 Å². The first kappa shape index (κ1) is 13.8. The van der Waals surface area contributed by atoms with Gasteiger partial charge in [-0.05, 0) is 18.9 Å². The number of nitrogens with zero attached hydrogens (tertiary/aromatic N) is 3. The maximum absolute atomic E-state index is 11.5. The quantitative estimate of drug-likeness (QED) is 0.758. The van der Waals surface area contributed by atoms with Gasteiger partial charge < -0.3 is 19.6 Å². The topological polar surface area (TPSA) is 84.8 Å². The van der Waals surface area contributed by atoms with Crippen LogP contribution in [0.15, 0.2) is 18.5 Å². The summed E-state index contributed by atoms with van der Waals surface area (Å²) >= 11 is 0. The molecule has 0 radical (unpaired) electrons. The van der Waals surface area contributed by atoms with E-state index in [0.29, 0.717) is 12.6 Å². The van der Waals surface area contributed by atoms with E-state index in [1.54, 1.807) is 0 Å². The summed E-state index contributed by atoms with van der Waals surface area (Å²) in [5.74, 6) is 0.887. The Morgan fingerprint density at radius 1 is 1.25 bits per heavy atom. The molecule has 2 aliphatic rings. The third kappa shape index (κ3) is 2.00. The van der Waals surface area contributed by atoms with Crippen LogP contribution in [0.1, 0.15) is 50.0 Å². The highest BCUT2D eigenvalue weighted by molar-refractivity contribution is 6.01. The normalized spacial score (nSPS) is 22.2. The van der Waals surface area contributed by atoms with E-state index in [1.165, 1.54) is 19.3 Å². The zero-order chi connectivity index (χ0) is 16.1. The van der Waals surface area contributed by atoms with Crippen molar-refractivity contribution in [1.82, 2.24) is 24.8 Å². The first-order chi connectivity index (χ1) is 11.8. The van der Waals surface area contributed by atoms with Crippen LogP contribution in [0.4, 0.5) is 4.79 Å². The van der Waals surface area contributed by atoms with Crippen molar-refractivity contribution >= 4 is 28.2 Å². The molecule has 1 saturated heterocycles. The lowest BCUT2D eigenvalue weighted by Gasteiger charge is -2.26. The van der Waals surface area contributed by atoms with Gasteiger partial charge in [-0.15, -0.1) is 0 Å². The molecule has 5 rings (SSSR count). The Morgan fingerprint density at radius 2 is 2.12 bits per heavy atom. The SMILES string of the molecule is O=C1NC(c2nc3cnc4[nH]ccc4c3n2C2CCCCC2)CO1. The highest BCUT2D eigenvalue weighted by Gasteiger charge is 2.32. The van der Waals surface area contributed by atoms with Gasteiger partial charge in [-0.25, -0.2) is 14.8 Å². The number of aromatic nitrogens is 4. The summed E-state index contributed by atoms with van der Waals surface area (Å²) in [5.41, 5.74) is 2.87. The fourth-order valence-electron chi connectivity index (χ4n) is 4.09. The van der Waals surface area contributed by atoms with E-state index in [-0.39, 0.29) is 12.1 Å². The lowest BCUT2D eigenvalue weighted by Crippen LogP contribution is -2.24. The van der Waals surface area contributed by atoms with Gasteiger partial charge in [0.05, 0.1) is 11.7 Å². The highest BCUT2D eigenvalue weighted by Crippen LogP contribution is 2.36. The number of imidazole rings is 1. The van der Waals surface area contributed by atoms with Crippen molar-refractivity contribution in [3.63, 3.8) is 0 Å². The Bertz CT molecular complexity index is 922. The molecule has 1 atom stereocenters. The lowest BCUT2D eigenvalue weighted by atomic mass is 9.95. The van der Waals surface area contributed by atoms with E-state index in [0.717, 1.165) is 40.7 Å². The minimum Gasteiger partial charge on any atom is -0.447 e. The molecule has 0 bridgehead atoms. The second-order valence-corrected chi connectivity index (χ2v) is 6.66. The summed E-state index contributed by atoms with van der Waals surface area (Å²) < 4.78 is 7.44. The number of hydrogen-bond acceptors (Lipinski definition) is 4. The van der Waals surface area contributed by atoms with Crippen molar-refractivity contribution < 1.29 is 9.53 Å². The van der Waals surface area contributed by atoms with Gasteiger partial charge in [0, 0.05) is 17.6 Å². The van der Waals surface area contributed by atoms with Crippen molar-refractivity contribution in [3.05, 3.63) is 24.3 Å². The minimum atomic E-state index is -0.368. The molecule has 24 heavy (non-hydrogen) atoms. The lowest BCUT2D eigenvalue weighted by molar-refractivity contribution is 0.176. The summed E-state index contributed by atoms with van der Waals surface area (Å²) in [6.07, 6.45) is 9.42. The molecule has 1 unspecified atom stereocenters. The van der Waals surface area contributed by atoms with Crippen LogP contribution in [0.3, 0.4) is 0 Å². The smallest absolute Gasteiger partial charge is 0.407 e. The summed E-state index contributed by atoms with van der Waals surface area (Å²) in [4.78, 5) is 24.0. The predicted octanol–water partition coefficient (Wildman–Crippen LogP) is 3.20. The van der Waals surface area contributed by atoms with E-state index in [2.05, 4.69) is 25.9 Å². The number of ether oxygens (including phenoxy) is 1. The van der Waals surface area contributed by atoms with E-state index >= 15 is 0 Å². The molecule has 1 amide bonds. The van der Waals surface area contributed by atoms with Gasteiger partial charge >= 0.3 is 6.09 Å². The zero-order valence-electron chi connectivity index (χ0n) is 13.3. The molecule has 124 valence electrons. The standard InChI is InChI=1S/C17H19N5O2/c23-17-21-13(9-24-17)16-20-12-8-19-15-11(6-7-18-15)14(12)22(16)10-4-2-1-3-5-10/h6-8,10,13H,1-5,9H2,(H,18,19)(H,21,23). The van der Waals surface area contributed by atoms with Crippen LogP contribution in [0.25, 0.3) is 22.1 Å². The maximum atomic E-state index is 11.5. The van der Waals surface area contributed by atoms with E-state index < -0.39 is 0 Å². The zero-order valence-corrected chi connectivity index (χ0v) is 13.3. The second-order valence-electron chi connectivity index (χ2n) is 6.66. The van der Waals surface area contributed by atoms with Crippen molar-refractivity contribution in [2.45, 2.75) is 44.2 Å². The van der Waals surface area contributed by atoms with Gasteiger partial charge in [-0.1, -0.05) is 19.3 Å². The summed E-state index contributed by atoms with van der Waals surface area (Å²) in [6, 6.07) is 2.27. The van der Waals surface area contributed by atoms with Crippen LogP contribution in [-0.2, 0) is 4.74 Å². The molecule has 0 aromatic carbocycles. The third-order valence-corrected chi connectivity index (χ3v) is 5.19. The fraction of sp³-hybridized carbons (Fsp3) is 0.471. The Kier molecular flexibility index (Phi) is 3.01. The number of nitrogens with one attached hydrogen (secondary N) is 2. The van der Waals surface area contributed by atoms with E-state index in [4.69, 9.17) is 9.72 Å². The first-order valence-electron chi connectivity index (χ1n) is 8.58. The highest BCUT2D eigenvalue weighted by atomic mass is 16.6. The van der Waals surface area contributed by atoms with Crippen LogP contribution in [-0.4, -0.2) is 32.2 Å². The largest absolute Gasteiger partial charge is 0.447 e. The van der Waals surface area contributed by atoms with Crippen molar-refractivity contribution in [3.8, 4) is 0 Å². The summed E-state index contributed by atoms with van der Waals surface area (Å²) in [6.45, 7) is 0.332. The number of fused-ring (bicyclic) bond motifs is 3. The molecule has 1 saturated carbocycles. The molecule has 3 aromatic heterocycles. The Labute approximate surface area is 138 Å². The number of cyclic esters (lactones) is 1. The molecular formula is C17H19N5O2. The van der Waals surface area contributed by atoms with Crippen LogP contribution < -0.4 is 5.32 Å². The molecule has 3 aromatic rings. The number of pyridine rings is 1. The molecule has 7 nitrogen and oxygen atoms in total. The van der Waals surface area contributed by atoms with Crippen LogP contribution in [0, 0.1) is 0 Å². The number of carbonyl (C=O) groups is 1. The average Bonchev–Trinajstić information content (AvgIpc) is 3.31. The minimum absolute atomic E-state index is 0.194. The number of carbonyl (C=O) groups excluding carboxylic acids is 1. The molecule has 1 aliphatic carbocycles. The molecule has 0 spiro atoms. The number of H-pyrrole nitrogens is 1. The molecule has 2 fully saturated rings. The number of alkyl carbamates (subject to hydrolysis) is 1. The first-order valence-corrected chi connectivity index (χ1v) is 8.58. The summed E-state index contributed by atoms with van der Waals surface area (Å²) in [7, 11) is 0. The van der Waals surface area contributed by atoms with Crippen LogP contribution >= 0.6 is 0 Å². The monoisotopic (exact) mass is 325 g/mol. The predicted molar refractivity (Wildman–Crippen MR) is 88.7 cm³/mol. The van der Waals surface area contributed by atoms with Crippen molar-refractivity contribution in [1.29, 1.82) is 0 Å². The number of amides is 1. The maximum Gasteiger partial charge on any atom is 0.407 e. The van der Waals surface area contributed by atoms with E-state index in [9.17, 15) is 4.79 Å². The number of hydrogen-bond donors (Lipinski definition) is 2. The second kappa shape index (κ2) is 5.22. The van der Waals surface area contributed by atoms with Gasteiger partial charge in [-0.3, -0.25) is 0 Å². The van der Waals surface area contributed by atoms with Gasteiger partial charge in [0.1, 0.15) is 29.6 Å². The van der Waals surface area contributed by atoms with Crippen molar-refractivity contribution in [2.75, 3.05) is 6.61 Å². The molecule has 1 aliphatic heterocycles. The fourth-order valence-corrected chi connectivity index (χ4v) is 4.09. The Morgan fingerprint density at radius 3 is 2.92 bits per heavy atom. The van der Waals surface area contributed by atoms with Crippen molar-refractivity contribution in [2.24, 2.45) is 0 Å². The molecule has 7 heteroatoms. The van der Waals surface area contributed by atoms with Gasteiger partial charge in [0.25, 0.3) is 0 Å². The third-order valence-electron chi connectivity index (χ3n) is 5.19. The summed E-state index contributed by atoms with van der Waals surface area (Å²) in [5, 5.41) is 3.97. The molecule has 2 N–H and O–H groups in total. The van der Waals surface area contributed by atoms with Gasteiger partial charge in [0.15, 0.2) is 0 Å². The number of aromatic amines is 1. The van der Waals surface area contributed by atoms with Crippen LogP contribution in [0.5, 0.6) is 0 Å². The Hall–Kier alpha value is -2.57. The van der Waals surface area contributed by atoms with E-state index in [1.807, 2.05) is 12.4 Å². The average molecular weight is 325 g/mol. The van der Waals surface area contributed by atoms with Crippen LogP contribution in [0.2, 0.25) is 0 Å². The molecular weight excluding hydrogens is 306 g/mol. The van der Waals surface area contributed by atoms with Gasteiger partial charge in [0.2, 0.25) is 0 Å². The Balaban J connectivity index is 1.76. The molecule has 4 heterocycles. The number of rotatable bonds is 2.